The summed E-state index contributed by atoms with van der Waals surface area (Å²) < 4.78 is 10.7. The van der Waals surface area contributed by atoms with Gasteiger partial charge in [-0.05, 0) is 71.1 Å². The molecule has 3 unspecified atom stereocenters. The number of hydrogen-bond donors (Lipinski definition) is 3. The smallest absolute Gasteiger partial charge is 0.408 e. The van der Waals surface area contributed by atoms with Crippen molar-refractivity contribution in [2.75, 3.05) is 19.8 Å². The predicted molar refractivity (Wildman–Crippen MR) is 102 cm³/mol. The van der Waals surface area contributed by atoms with Gasteiger partial charge in [0.2, 0.25) is 5.91 Å². The number of ether oxygens (including phenoxy) is 2. The summed E-state index contributed by atoms with van der Waals surface area (Å²) in [5.74, 6) is 0.232. The summed E-state index contributed by atoms with van der Waals surface area (Å²) in [4.78, 5) is 24.9. The molecule has 7 heteroatoms. The quantitative estimate of drug-likeness (QED) is 0.586. The van der Waals surface area contributed by atoms with Crippen molar-refractivity contribution in [3.8, 4) is 0 Å². The van der Waals surface area contributed by atoms with Gasteiger partial charge in [0.05, 0.1) is 6.10 Å². The zero-order chi connectivity index (χ0) is 19.9. The first-order chi connectivity index (χ1) is 12.8. The van der Waals surface area contributed by atoms with Crippen LogP contribution in [0.4, 0.5) is 4.79 Å². The topological polar surface area (TPSA) is 96.9 Å². The Hall–Kier alpha value is -1.34. The third kappa shape index (κ3) is 7.66. The molecule has 3 atom stereocenters. The Morgan fingerprint density at radius 3 is 2.48 bits per heavy atom. The molecule has 0 aromatic rings. The van der Waals surface area contributed by atoms with Gasteiger partial charge in [0.25, 0.3) is 0 Å². The van der Waals surface area contributed by atoms with Crippen molar-refractivity contribution in [3.63, 3.8) is 0 Å². The van der Waals surface area contributed by atoms with Crippen LogP contribution in [0.1, 0.15) is 65.7 Å². The molecule has 0 radical (unpaired) electrons. The molecular formula is C20H36N2O5. The number of carbonyl (C=O) groups excluding carboxylic acids is 2. The van der Waals surface area contributed by atoms with Crippen LogP contribution in [0, 0.1) is 11.8 Å². The molecule has 1 aliphatic heterocycles. The van der Waals surface area contributed by atoms with E-state index in [0.717, 1.165) is 44.9 Å². The molecule has 2 aliphatic rings. The molecule has 1 aliphatic carbocycles. The van der Waals surface area contributed by atoms with Gasteiger partial charge < -0.3 is 25.2 Å². The molecule has 2 fully saturated rings. The second-order valence-electron chi connectivity index (χ2n) is 8.77. The van der Waals surface area contributed by atoms with Crippen LogP contribution in [0.2, 0.25) is 0 Å². The van der Waals surface area contributed by atoms with E-state index in [9.17, 15) is 14.7 Å². The maximum Gasteiger partial charge on any atom is 0.408 e. The second-order valence-corrected chi connectivity index (χ2v) is 8.77. The van der Waals surface area contributed by atoms with E-state index in [0.29, 0.717) is 25.7 Å². The van der Waals surface area contributed by atoms with Crippen molar-refractivity contribution in [1.29, 1.82) is 0 Å². The molecule has 2 amide bonds. The summed E-state index contributed by atoms with van der Waals surface area (Å²) in [6.07, 6.45) is 5.52. The van der Waals surface area contributed by atoms with E-state index in [1.54, 1.807) is 20.8 Å². The third-order valence-electron chi connectivity index (χ3n) is 5.36. The fraction of sp³-hybridized carbons (Fsp3) is 0.900. The maximum absolute atomic E-state index is 12.7. The van der Waals surface area contributed by atoms with Crippen molar-refractivity contribution < 1.29 is 24.2 Å². The van der Waals surface area contributed by atoms with Gasteiger partial charge in [-0.25, -0.2) is 4.79 Å². The molecule has 0 spiro atoms. The molecule has 2 rings (SSSR count). The van der Waals surface area contributed by atoms with Crippen molar-refractivity contribution >= 4 is 12.0 Å². The summed E-state index contributed by atoms with van der Waals surface area (Å²) in [6.45, 7) is 7.15. The average molecular weight is 385 g/mol. The number of aliphatic hydroxyl groups is 1. The fourth-order valence-electron chi connectivity index (χ4n) is 3.92. The molecule has 27 heavy (non-hydrogen) atoms. The molecule has 1 saturated carbocycles. The number of hydrogen-bond acceptors (Lipinski definition) is 5. The Morgan fingerprint density at radius 2 is 1.89 bits per heavy atom. The molecule has 3 N–H and O–H groups in total. The van der Waals surface area contributed by atoms with E-state index < -0.39 is 17.7 Å². The van der Waals surface area contributed by atoms with Gasteiger partial charge in [0, 0.05) is 19.8 Å². The first kappa shape index (κ1) is 22.0. The number of alkyl carbamates (subject to hydrolysis) is 1. The van der Waals surface area contributed by atoms with E-state index in [4.69, 9.17) is 9.47 Å². The molecule has 156 valence electrons. The molecule has 0 aromatic carbocycles. The van der Waals surface area contributed by atoms with Crippen LogP contribution >= 0.6 is 0 Å². The lowest BCUT2D eigenvalue weighted by Crippen LogP contribution is -2.53. The molecule has 1 heterocycles. The minimum absolute atomic E-state index is 0.0444. The molecule has 0 aromatic heterocycles. The highest BCUT2D eigenvalue weighted by atomic mass is 16.6. The fourth-order valence-corrected chi connectivity index (χ4v) is 3.92. The van der Waals surface area contributed by atoms with Gasteiger partial charge in [-0.3, -0.25) is 4.79 Å². The van der Waals surface area contributed by atoms with Crippen LogP contribution < -0.4 is 10.6 Å². The van der Waals surface area contributed by atoms with Crippen molar-refractivity contribution in [2.24, 2.45) is 11.8 Å². The number of amides is 2. The van der Waals surface area contributed by atoms with Gasteiger partial charge in [0.15, 0.2) is 0 Å². The van der Waals surface area contributed by atoms with Crippen LogP contribution in [0.15, 0.2) is 0 Å². The van der Waals surface area contributed by atoms with Crippen LogP contribution in [-0.4, -0.2) is 54.6 Å². The van der Waals surface area contributed by atoms with Crippen LogP contribution in [0.25, 0.3) is 0 Å². The summed E-state index contributed by atoms with van der Waals surface area (Å²) in [7, 11) is 0. The lowest BCUT2D eigenvalue weighted by Gasteiger charge is -2.31. The van der Waals surface area contributed by atoms with E-state index in [-0.39, 0.29) is 17.9 Å². The van der Waals surface area contributed by atoms with Gasteiger partial charge >= 0.3 is 6.09 Å². The molecular weight excluding hydrogens is 348 g/mol. The Bertz CT molecular complexity index is 485. The highest BCUT2D eigenvalue weighted by Gasteiger charge is 2.32. The first-order valence-electron chi connectivity index (χ1n) is 10.3. The third-order valence-corrected chi connectivity index (χ3v) is 5.36. The highest BCUT2D eigenvalue weighted by molar-refractivity contribution is 5.86. The van der Waals surface area contributed by atoms with E-state index in [1.165, 1.54) is 0 Å². The summed E-state index contributed by atoms with van der Waals surface area (Å²) >= 11 is 0. The Labute approximate surface area is 162 Å². The summed E-state index contributed by atoms with van der Waals surface area (Å²) in [6, 6.07) is -0.610. The van der Waals surface area contributed by atoms with Crippen molar-refractivity contribution in [3.05, 3.63) is 0 Å². The minimum Gasteiger partial charge on any atom is -0.444 e. The number of carbonyl (C=O) groups is 2. The summed E-state index contributed by atoms with van der Waals surface area (Å²) in [5, 5.41) is 15.6. The molecule has 7 nitrogen and oxygen atoms in total. The van der Waals surface area contributed by atoms with Crippen LogP contribution in [0.5, 0.6) is 0 Å². The zero-order valence-corrected chi connectivity index (χ0v) is 17.0. The van der Waals surface area contributed by atoms with Crippen molar-refractivity contribution in [1.82, 2.24) is 10.6 Å². The molecule has 0 bridgehead atoms. The SMILES string of the molecule is CC(C)(C)OC(=O)NC(C(=O)NCCCC1CCCC1O)C1CCOCC1. The largest absolute Gasteiger partial charge is 0.444 e. The maximum atomic E-state index is 12.7. The monoisotopic (exact) mass is 384 g/mol. The highest BCUT2D eigenvalue weighted by Crippen LogP contribution is 2.29. The number of nitrogens with one attached hydrogen (secondary N) is 2. The van der Waals surface area contributed by atoms with Gasteiger partial charge in [0.1, 0.15) is 11.6 Å². The van der Waals surface area contributed by atoms with E-state index in [1.807, 2.05) is 0 Å². The standard InChI is InChI=1S/C20H36N2O5/c1-20(2,3)27-19(25)22-17(15-9-12-26-13-10-15)18(24)21-11-5-7-14-6-4-8-16(14)23/h14-17,23H,4-13H2,1-3H3,(H,21,24)(H,22,25). The summed E-state index contributed by atoms with van der Waals surface area (Å²) in [5.41, 5.74) is -0.608. The lowest BCUT2D eigenvalue weighted by molar-refractivity contribution is -0.125. The predicted octanol–water partition coefficient (Wildman–Crippen LogP) is 2.36. The Morgan fingerprint density at radius 1 is 1.19 bits per heavy atom. The Balaban J connectivity index is 1.83. The van der Waals surface area contributed by atoms with Crippen molar-refractivity contribution in [2.45, 2.75) is 83.5 Å². The molecule has 1 saturated heterocycles. The van der Waals surface area contributed by atoms with E-state index in [2.05, 4.69) is 10.6 Å². The van der Waals surface area contributed by atoms with Crippen LogP contribution in [0.3, 0.4) is 0 Å². The van der Waals surface area contributed by atoms with E-state index >= 15 is 0 Å². The zero-order valence-electron chi connectivity index (χ0n) is 17.0. The van der Waals surface area contributed by atoms with Gasteiger partial charge in [-0.2, -0.15) is 0 Å². The van der Waals surface area contributed by atoms with Gasteiger partial charge in [-0.1, -0.05) is 6.42 Å². The van der Waals surface area contributed by atoms with Gasteiger partial charge in [-0.15, -0.1) is 0 Å². The minimum atomic E-state index is -0.610. The second kappa shape index (κ2) is 10.3. The first-order valence-corrected chi connectivity index (χ1v) is 10.3. The number of aliphatic hydroxyl groups excluding tert-OH is 1. The average Bonchev–Trinajstić information content (AvgIpc) is 3.00. The lowest BCUT2D eigenvalue weighted by atomic mass is 9.91. The normalized spacial score (nSPS) is 25.0. The number of rotatable bonds is 7. The van der Waals surface area contributed by atoms with Crippen LogP contribution in [-0.2, 0) is 14.3 Å². The Kier molecular flexibility index (Phi) is 8.35.